The first-order chi connectivity index (χ1) is 7.49. The molecule has 0 aromatic carbocycles. The number of aliphatic hydroxyl groups excluding tert-OH is 1. The molecular formula is C10H10Cl2O4. The van der Waals surface area contributed by atoms with Gasteiger partial charge in [-0.05, 0) is 6.42 Å². The van der Waals surface area contributed by atoms with E-state index >= 15 is 0 Å². The fraction of sp³-hybridized carbons (Fsp3) is 0.400. The van der Waals surface area contributed by atoms with E-state index < -0.39 is 16.4 Å². The monoisotopic (exact) mass is 264 g/mol. The quantitative estimate of drug-likeness (QED) is 0.460. The number of rotatable bonds is 5. The van der Waals surface area contributed by atoms with Gasteiger partial charge in [-0.25, -0.2) is 0 Å². The Balaban J connectivity index is 3.00. The smallest absolute Gasteiger partial charge is 0.228 e. The molecule has 88 valence electrons. The Kier molecular flexibility index (Phi) is 4.13. The third-order valence-electron chi connectivity index (χ3n) is 2.09. The van der Waals surface area contributed by atoms with Crippen LogP contribution >= 0.6 is 23.2 Å². The molecule has 0 spiro atoms. The maximum absolute atomic E-state index is 11.8. The van der Waals surface area contributed by atoms with E-state index in [2.05, 4.69) is 6.58 Å². The van der Waals surface area contributed by atoms with E-state index in [9.17, 15) is 9.59 Å². The zero-order valence-electron chi connectivity index (χ0n) is 8.33. The molecule has 1 aliphatic carbocycles. The number of hydrogen-bond donors (Lipinski definition) is 1. The number of carbonyl (C=O) groups excluding carboxylic acids is 2. The first-order valence-electron chi connectivity index (χ1n) is 4.52. The summed E-state index contributed by atoms with van der Waals surface area (Å²) >= 11 is 11.6. The molecule has 4 nitrogen and oxygen atoms in total. The molecule has 1 unspecified atom stereocenters. The Bertz CT molecular complexity index is 375. The summed E-state index contributed by atoms with van der Waals surface area (Å²) in [4.78, 5) is 21.7. The first-order valence-corrected chi connectivity index (χ1v) is 5.27. The molecule has 0 fully saturated rings. The highest BCUT2D eigenvalue weighted by Crippen LogP contribution is 2.38. The van der Waals surface area contributed by atoms with Crippen molar-refractivity contribution >= 4 is 34.8 Å². The van der Waals surface area contributed by atoms with Crippen molar-refractivity contribution in [2.45, 2.75) is 11.3 Å². The van der Waals surface area contributed by atoms with E-state index in [4.69, 9.17) is 33.0 Å². The molecule has 0 radical (unpaired) electrons. The summed E-state index contributed by atoms with van der Waals surface area (Å²) in [6.45, 7) is 3.01. The number of ketones is 2. The van der Waals surface area contributed by atoms with Crippen molar-refractivity contribution in [1.29, 1.82) is 0 Å². The van der Waals surface area contributed by atoms with Crippen molar-refractivity contribution in [2.24, 2.45) is 0 Å². The van der Waals surface area contributed by atoms with Crippen LogP contribution < -0.4 is 0 Å². The van der Waals surface area contributed by atoms with Crippen LogP contribution in [0.15, 0.2) is 23.4 Å². The van der Waals surface area contributed by atoms with Gasteiger partial charge in [0.1, 0.15) is 11.6 Å². The van der Waals surface area contributed by atoms with Crippen molar-refractivity contribution in [3.8, 4) is 0 Å². The van der Waals surface area contributed by atoms with Gasteiger partial charge in [0.25, 0.3) is 0 Å². The van der Waals surface area contributed by atoms with Crippen LogP contribution in [0.5, 0.6) is 0 Å². The highest BCUT2D eigenvalue weighted by Gasteiger charge is 2.53. The van der Waals surface area contributed by atoms with Crippen LogP contribution in [-0.4, -0.2) is 34.8 Å². The fourth-order valence-corrected chi connectivity index (χ4v) is 1.96. The topological polar surface area (TPSA) is 63.6 Å². The van der Waals surface area contributed by atoms with Gasteiger partial charge in [0.2, 0.25) is 11.6 Å². The Labute approximate surface area is 102 Å². The molecule has 1 aliphatic rings. The normalized spacial score (nSPS) is 25.2. The largest absolute Gasteiger partial charge is 0.486 e. The number of carbonyl (C=O) groups is 2. The van der Waals surface area contributed by atoms with Gasteiger partial charge in [-0.3, -0.25) is 9.59 Å². The van der Waals surface area contributed by atoms with Crippen LogP contribution in [0, 0.1) is 0 Å². The van der Waals surface area contributed by atoms with E-state index in [1.807, 2.05) is 0 Å². The van der Waals surface area contributed by atoms with Crippen LogP contribution in [0.25, 0.3) is 0 Å². The molecule has 1 N–H and O–H groups in total. The van der Waals surface area contributed by atoms with Gasteiger partial charge < -0.3 is 9.84 Å². The minimum Gasteiger partial charge on any atom is -0.486 e. The predicted molar refractivity (Wildman–Crippen MR) is 59.3 cm³/mol. The van der Waals surface area contributed by atoms with E-state index in [0.29, 0.717) is 0 Å². The van der Waals surface area contributed by atoms with Gasteiger partial charge in [-0.2, -0.15) is 0 Å². The summed E-state index contributed by atoms with van der Waals surface area (Å²) in [7, 11) is 0. The lowest BCUT2D eigenvalue weighted by molar-refractivity contribution is -0.126. The minimum absolute atomic E-state index is 0.0194. The Morgan fingerprint density at radius 3 is 2.56 bits per heavy atom. The van der Waals surface area contributed by atoms with E-state index in [1.165, 1.54) is 6.08 Å². The van der Waals surface area contributed by atoms with E-state index in [1.54, 1.807) is 0 Å². The molecule has 0 saturated carbocycles. The van der Waals surface area contributed by atoms with E-state index in [0.717, 1.165) is 0 Å². The van der Waals surface area contributed by atoms with Crippen molar-refractivity contribution < 1.29 is 19.4 Å². The van der Waals surface area contributed by atoms with Gasteiger partial charge in [0, 0.05) is 0 Å². The standard InChI is InChI=1S/C10H10Cl2O4/c1-2-3-10(12)8(14)6(11)7(9(10)15)16-5-4-13/h2,13H,1,3-5H2. The lowest BCUT2D eigenvalue weighted by atomic mass is 9.99. The van der Waals surface area contributed by atoms with Crippen LogP contribution in [0.1, 0.15) is 6.42 Å². The number of hydrogen-bond acceptors (Lipinski definition) is 4. The number of aliphatic hydroxyl groups is 1. The predicted octanol–water partition coefficient (Wildman–Crippen LogP) is 1.15. The summed E-state index contributed by atoms with van der Waals surface area (Å²) in [6.07, 6.45) is 1.34. The number of Topliss-reactive ketones (excluding diaryl/α,β-unsaturated/α-hetero) is 2. The van der Waals surface area contributed by atoms with Gasteiger partial charge in [-0.15, -0.1) is 18.2 Å². The number of allylic oxidation sites excluding steroid dienone is 3. The maximum atomic E-state index is 11.8. The molecule has 0 heterocycles. The molecule has 16 heavy (non-hydrogen) atoms. The molecule has 0 amide bonds. The molecule has 0 aliphatic heterocycles. The lowest BCUT2D eigenvalue weighted by Crippen LogP contribution is -2.36. The molecule has 0 bridgehead atoms. The molecular weight excluding hydrogens is 255 g/mol. The highest BCUT2D eigenvalue weighted by atomic mass is 35.5. The highest BCUT2D eigenvalue weighted by molar-refractivity contribution is 6.62. The van der Waals surface area contributed by atoms with Crippen molar-refractivity contribution in [1.82, 2.24) is 0 Å². The van der Waals surface area contributed by atoms with Crippen LogP contribution in [0.3, 0.4) is 0 Å². The second-order valence-electron chi connectivity index (χ2n) is 3.17. The third-order valence-corrected chi connectivity index (χ3v) is 2.93. The van der Waals surface area contributed by atoms with E-state index in [-0.39, 0.29) is 30.4 Å². The van der Waals surface area contributed by atoms with Crippen molar-refractivity contribution in [3.05, 3.63) is 23.4 Å². The van der Waals surface area contributed by atoms with Crippen molar-refractivity contribution in [2.75, 3.05) is 13.2 Å². The van der Waals surface area contributed by atoms with Crippen LogP contribution in [0.2, 0.25) is 0 Å². The number of halogens is 2. The fourth-order valence-electron chi connectivity index (χ4n) is 1.32. The number of alkyl halides is 1. The van der Waals surface area contributed by atoms with Crippen LogP contribution in [-0.2, 0) is 14.3 Å². The van der Waals surface area contributed by atoms with Gasteiger partial charge in [-0.1, -0.05) is 17.7 Å². The number of ether oxygens (including phenoxy) is 1. The molecule has 0 aromatic heterocycles. The summed E-state index contributed by atoms with van der Waals surface area (Å²) in [5.74, 6) is -1.65. The van der Waals surface area contributed by atoms with Gasteiger partial charge >= 0.3 is 0 Å². The second-order valence-corrected chi connectivity index (χ2v) is 4.19. The summed E-state index contributed by atoms with van der Waals surface area (Å²) in [5.41, 5.74) is 0. The third kappa shape index (κ3) is 2.00. The zero-order chi connectivity index (χ0) is 12.3. The summed E-state index contributed by atoms with van der Waals surface area (Å²) < 4.78 is 4.90. The average molecular weight is 265 g/mol. The summed E-state index contributed by atoms with van der Waals surface area (Å²) in [5, 5.41) is 8.24. The molecule has 6 heteroatoms. The Hall–Kier alpha value is -0.840. The Morgan fingerprint density at radius 2 is 2.06 bits per heavy atom. The average Bonchev–Trinajstić information content (AvgIpc) is 2.41. The lowest BCUT2D eigenvalue weighted by Gasteiger charge is -2.15. The summed E-state index contributed by atoms with van der Waals surface area (Å²) in [6, 6.07) is 0. The second kappa shape index (κ2) is 4.99. The van der Waals surface area contributed by atoms with Gasteiger partial charge in [0.05, 0.1) is 6.61 Å². The van der Waals surface area contributed by atoms with Crippen molar-refractivity contribution in [3.63, 3.8) is 0 Å². The maximum Gasteiger partial charge on any atom is 0.228 e. The molecule has 1 rings (SSSR count). The Morgan fingerprint density at radius 1 is 1.44 bits per heavy atom. The molecule has 1 atom stereocenters. The zero-order valence-corrected chi connectivity index (χ0v) is 9.85. The minimum atomic E-state index is -1.73. The molecule has 0 aromatic rings. The van der Waals surface area contributed by atoms with Crippen LogP contribution in [0.4, 0.5) is 0 Å². The molecule has 0 saturated heterocycles. The first kappa shape index (κ1) is 13.2. The van der Waals surface area contributed by atoms with Gasteiger partial charge in [0.15, 0.2) is 10.6 Å². The SMILES string of the molecule is C=CCC1(Cl)C(=O)C(Cl)=C(OCCO)C1=O.